The van der Waals surface area contributed by atoms with Gasteiger partial charge in [-0.25, -0.2) is 0 Å². The molecule has 0 amide bonds. The fourth-order valence-corrected chi connectivity index (χ4v) is 3.06. The molecule has 0 aliphatic carbocycles. The third kappa shape index (κ3) is 1.81. The Labute approximate surface area is 90.8 Å². The van der Waals surface area contributed by atoms with Gasteiger partial charge < -0.3 is 5.11 Å². The topological polar surface area (TPSA) is 40.5 Å². The standard InChI is InChI=1S/C12H19NO2/c1-3-9-7-13-5-4-10(9)6-11(13)8(2)12(14)15/h3,8-11H,1,4-7H2,2H3,(H,14,15). The molecule has 3 aliphatic rings. The van der Waals surface area contributed by atoms with Gasteiger partial charge >= 0.3 is 5.97 Å². The number of carbonyl (C=O) groups is 1. The van der Waals surface area contributed by atoms with Gasteiger partial charge in [0, 0.05) is 12.6 Å². The molecule has 84 valence electrons. The number of hydrogen-bond donors (Lipinski definition) is 1. The van der Waals surface area contributed by atoms with Crippen molar-refractivity contribution in [2.24, 2.45) is 17.8 Å². The molecule has 0 spiro atoms. The molecule has 3 heterocycles. The zero-order valence-corrected chi connectivity index (χ0v) is 9.22. The largest absolute Gasteiger partial charge is 0.481 e. The smallest absolute Gasteiger partial charge is 0.307 e. The van der Waals surface area contributed by atoms with Gasteiger partial charge in [-0.1, -0.05) is 13.0 Å². The van der Waals surface area contributed by atoms with E-state index < -0.39 is 5.97 Å². The van der Waals surface area contributed by atoms with Crippen LogP contribution in [0.4, 0.5) is 0 Å². The molecule has 3 aliphatic heterocycles. The average Bonchev–Trinajstić information content (AvgIpc) is 2.28. The van der Waals surface area contributed by atoms with Crippen LogP contribution in [-0.2, 0) is 4.79 Å². The number of aliphatic carboxylic acids is 1. The summed E-state index contributed by atoms with van der Waals surface area (Å²) in [6.07, 6.45) is 4.28. The Hall–Kier alpha value is -0.830. The van der Waals surface area contributed by atoms with Crippen LogP contribution in [0.3, 0.4) is 0 Å². The number of rotatable bonds is 3. The summed E-state index contributed by atoms with van der Waals surface area (Å²) in [7, 11) is 0. The zero-order valence-electron chi connectivity index (χ0n) is 9.22. The van der Waals surface area contributed by atoms with Crippen LogP contribution >= 0.6 is 0 Å². The first-order valence-corrected chi connectivity index (χ1v) is 5.73. The third-order valence-corrected chi connectivity index (χ3v) is 4.12. The summed E-state index contributed by atoms with van der Waals surface area (Å²) in [6, 6.07) is 0.248. The van der Waals surface area contributed by atoms with Crippen LogP contribution < -0.4 is 0 Å². The highest BCUT2D eigenvalue weighted by Crippen LogP contribution is 2.39. The first-order chi connectivity index (χ1) is 7.13. The monoisotopic (exact) mass is 209 g/mol. The number of carboxylic acid groups (broad SMARTS) is 1. The summed E-state index contributed by atoms with van der Waals surface area (Å²) in [5.74, 6) is 0.344. The van der Waals surface area contributed by atoms with Gasteiger partial charge in [0.05, 0.1) is 5.92 Å². The Morgan fingerprint density at radius 3 is 2.87 bits per heavy atom. The van der Waals surface area contributed by atoms with Crippen molar-refractivity contribution in [3.63, 3.8) is 0 Å². The third-order valence-electron chi connectivity index (χ3n) is 4.12. The van der Waals surface area contributed by atoms with Crippen LogP contribution in [0.25, 0.3) is 0 Å². The van der Waals surface area contributed by atoms with Crippen LogP contribution in [0.15, 0.2) is 12.7 Å². The highest BCUT2D eigenvalue weighted by atomic mass is 16.4. The van der Waals surface area contributed by atoms with E-state index in [2.05, 4.69) is 11.5 Å². The maximum atomic E-state index is 11.0. The number of hydrogen-bond acceptors (Lipinski definition) is 2. The summed E-state index contributed by atoms with van der Waals surface area (Å²) in [6.45, 7) is 7.77. The quantitative estimate of drug-likeness (QED) is 0.718. The van der Waals surface area contributed by atoms with Crippen molar-refractivity contribution in [2.75, 3.05) is 13.1 Å². The second-order valence-electron chi connectivity index (χ2n) is 4.87. The second-order valence-corrected chi connectivity index (χ2v) is 4.87. The van der Waals surface area contributed by atoms with Gasteiger partial charge in [0.15, 0.2) is 0 Å². The van der Waals surface area contributed by atoms with Crippen LogP contribution in [0.1, 0.15) is 19.8 Å². The molecule has 0 aromatic carbocycles. The van der Waals surface area contributed by atoms with E-state index in [1.54, 1.807) is 0 Å². The van der Waals surface area contributed by atoms with Gasteiger partial charge in [0.25, 0.3) is 0 Å². The lowest BCUT2D eigenvalue weighted by Crippen LogP contribution is -2.56. The lowest BCUT2D eigenvalue weighted by molar-refractivity contribution is -0.146. The fourth-order valence-electron chi connectivity index (χ4n) is 3.06. The molecule has 0 saturated carbocycles. The predicted octanol–water partition coefficient (Wildman–Crippen LogP) is 1.60. The minimum absolute atomic E-state index is 0.237. The van der Waals surface area contributed by atoms with Crippen molar-refractivity contribution in [3.8, 4) is 0 Å². The van der Waals surface area contributed by atoms with E-state index >= 15 is 0 Å². The molecule has 3 nitrogen and oxygen atoms in total. The summed E-state index contributed by atoms with van der Waals surface area (Å²) in [5, 5.41) is 9.04. The molecule has 3 rings (SSSR count). The summed E-state index contributed by atoms with van der Waals surface area (Å²) < 4.78 is 0. The number of carboxylic acids is 1. The van der Waals surface area contributed by atoms with E-state index in [9.17, 15) is 4.79 Å². The predicted molar refractivity (Wildman–Crippen MR) is 58.6 cm³/mol. The zero-order chi connectivity index (χ0) is 11.0. The van der Waals surface area contributed by atoms with Gasteiger partial charge in [0.2, 0.25) is 0 Å². The Morgan fingerprint density at radius 1 is 1.67 bits per heavy atom. The molecular weight excluding hydrogens is 190 g/mol. The van der Waals surface area contributed by atoms with E-state index in [-0.39, 0.29) is 12.0 Å². The molecule has 0 aromatic rings. The van der Waals surface area contributed by atoms with Crippen LogP contribution in [-0.4, -0.2) is 35.1 Å². The molecule has 3 saturated heterocycles. The lowest BCUT2D eigenvalue weighted by atomic mass is 9.73. The molecule has 15 heavy (non-hydrogen) atoms. The minimum atomic E-state index is -0.664. The van der Waals surface area contributed by atoms with Crippen molar-refractivity contribution >= 4 is 5.97 Å². The Balaban J connectivity index is 2.08. The molecule has 5 atom stereocenters. The molecule has 1 N–H and O–H groups in total. The summed E-state index contributed by atoms with van der Waals surface area (Å²) >= 11 is 0. The summed E-state index contributed by atoms with van der Waals surface area (Å²) in [5.41, 5.74) is 0. The van der Waals surface area contributed by atoms with Crippen molar-refractivity contribution in [1.82, 2.24) is 4.90 Å². The number of piperidine rings is 3. The minimum Gasteiger partial charge on any atom is -0.481 e. The fraction of sp³-hybridized carbons (Fsp3) is 0.750. The molecule has 2 bridgehead atoms. The highest BCUT2D eigenvalue weighted by Gasteiger charge is 2.42. The Morgan fingerprint density at radius 2 is 2.40 bits per heavy atom. The van der Waals surface area contributed by atoms with Gasteiger partial charge in [-0.3, -0.25) is 9.69 Å². The van der Waals surface area contributed by atoms with Gasteiger partial charge in [-0.05, 0) is 31.2 Å². The van der Waals surface area contributed by atoms with Crippen LogP contribution in [0.5, 0.6) is 0 Å². The normalized spacial score (nSPS) is 41.1. The number of fused-ring (bicyclic) bond motifs is 3. The van der Waals surface area contributed by atoms with E-state index in [1.165, 1.54) is 6.42 Å². The van der Waals surface area contributed by atoms with Gasteiger partial charge in [-0.2, -0.15) is 0 Å². The van der Waals surface area contributed by atoms with Gasteiger partial charge in [-0.15, -0.1) is 6.58 Å². The molecular formula is C12H19NO2. The van der Waals surface area contributed by atoms with Crippen LogP contribution in [0, 0.1) is 17.8 Å². The van der Waals surface area contributed by atoms with Crippen molar-refractivity contribution in [3.05, 3.63) is 12.7 Å². The molecule has 3 fully saturated rings. The van der Waals surface area contributed by atoms with E-state index in [1.807, 2.05) is 13.0 Å². The average molecular weight is 209 g/mol. The molecule has 0 radical (unpaired) electrons. The Bertz CT molecular complexity index is 277. The second kappa shape index (κ2) is 3.97. The maximum Gasteiger partial charge on any atom is 0.307 e. The summed E-state index contributed by atoms with van der Waals surface area (Å²) in [4.78, 5) is 13.3. The van der Waals surface area contributed by atoms with E-state index in [0.717, 1.165) is 19.5 Å². The van der Waals surface area contributed by atoms with Gasteiger partial charge in [0.1, 0.15) is 0 Å². The molecule has 5 unspecified atom stereocenters. The Kier molecular flexibility index (Phi) is 2.83. The van der Waals surface area contributed by atoms with Crippen molar-refractivity contribution < 1.29 is 9.90 Å². The SMILES string of the molecule is C=CC1CN2CCC1CC2C(C)C(=O)O. The van der Waals surface area contributed by atoms with Crippen molar-refractivity contribution in [1.29, 1.82) is 0 Å². The number of nitrogens with zero attached hydrogens (tertiary/aromatic N) is 1. The molecule has 0 aromatic heterocycles. The van der Waals surface area contributed by atoms with E-state index in [4.69, 9.17) is 5.11 Å². The maximum absolute atomic E-state index is 11.0. The van der Waals surface area contributed by atoms with Crippen LogP contribution in [0.2, 0.25) is 0 Å². The van der Waals surface area contributed by atoms with E-state index in [0.29, 0.717) is 11.8 Å². The first kappa shape index (κ1) is 10.7. The molecule has 3 heteroatoms. The first-order valence-electron chi connectivity index (χ1n) is 5.73. The lowest BCUT2D eigenvalue weighted by Gasteiger charge is -2.50. The van der Waals surface area contributed by atoms with Crippen molar-refractivity contribution in [2.45, 2.75) is 25.8 Å². The highest BCUT2D eigenvalue weighted by molar-refractivity contribution is 5.70.